The van der Waals surface area contributed by atoms with Gasteiger partial charge in [-0.3, -0.25) is 4.99 Å². The first-order chi connectivity index (χ1) is 23.3. The largest absolute Gasteiger partial charge is 0.269 e. The molecule has 2 heteroatoms. The third kappa shape index (κ3) is 5.30. The van der Waals surface area contributed by atoms with Crippen LogP contribution in [0.25, 0.3) is 83.2 Å². The Balaban J connectivity index is 1.26. The van der Waals surface area contributed by atoms with Gasteiger partial charge in [-0.2, -0.15) is 0 Å². The molecule has 1 heterocycles. The van der Waals surface area contributed by atoms with Crippen LogP contribution in [-0.2, 0) is 0 Å². The number of hydrogen-bond donors (Lipinski definition) is 0. The molecule has 0 unspecified atom stereocenters. The minimum Gasteiger partial charge on any atom is -0.269 e. The quantitative estimate of drug-likeness (QED) is 0.138. The normalized spacial score (nSPS) is 11.8. The first kappa shape index (κ1) is 28.4. The second kappa shape index (κ2) is 12.3. The molecule has 8 rings (SSSR count). The first-order valence-electron chi connectivity index (χ1n) is 16.0. The van der Waals surface area contributed by atoms with Gasteiger partial charge in [0, 0.05) is 23.4 Å². The Morgan fingerprint density at radius 2 is 1.13 bits per heavy atom. The maximum Gasteiger partial charge on any atom is 0.0722 e. The Morgan fingerprint density at radius 1 is 0.489 bits per heavy atom. The second-order valence-corrected chi connectivity index (χ2v) is 11.7. The summed E-state index contributed by atoms with van der Waals surface area (Å²) in [4.78, 5) is 9.42. The summed E-state index contributed by atoms with van der Waals surface area (Å²) in [5.41, 5.74) is 11.4. The number of aliphatic imine (C=N–C) groups is 1. The van der Waals surface area contributed by atoms with E-state index in [2.05, 4.69) is 163 Å². The summed E-state index contributed by atoms with van der Waals surface area (Å²) in [5, 5.41) is 6.08. The van der Waals surface area contributed by atoms with Crippen molar-refractivity contribution in [2.75, 3.05) is 0 Å². The van der Waals surface area contributed by atoms with E-state index in [9.17, 15) is 0 Å². The van der Waals surface area contributed by atoms with E-state index in [0.717, 1.165) is 22.3 Å². The Kier molecular flexibility index (Phi) is 7.45. The molecule has 0 bridgehead atoms. The zero-order chi connectivity index (χ0) is 31.6. The van der Waals surface area contributed by atoms with Crippen molar-refractivity contribution in [1.82, 2.24) is 4.98 Å². The molecule has 0 saturated heterocycles. The van der Waals surface area contributed by atoms with Crippen molar-refractivity contribution in [1.29, 1.82) is 0 Å². The van der Waals surface area contributed by atoms with Gasteiger partial charge in [-0.1, -0.05) is 146 Å². The van der Waals surface area contributed by atoms with Gasteiger partial charge < -0.3 is 0 Å². The van der Waals surface area contributed by atoms with Gasteiger partial charge in [-0.25, -0.2) is 4.98 Å². The average molecular weight is 601 g/mol. The number of hydrogen-bond acceptors (Lipinski definition) is 2. The highest BCUT2D eigenvalue weighted by Crippen LogP contribution is 2.40. The van der Waals surface area contributed by atoms with E-state index in [-0.39, 0.29) is 0 Å². The minimum absolute atomic E-state index is 0.977. The van der Waals surface area contributed by atoms with Crippen LogP contribution >= 0.6 is 0 Å². The minimum atomic E-state index is 0.977. The molecule has 0 atom stereocenters. The van der Waals surface area contributed by atoms with E-state index in [1.165, 1.54) is 60.3 Å². The van der Waals surface area contributed by atoms with Crippen LogP contribution in [0.4, 0.5) is 0 Å². The third-order valence-electron chi connectivity index (χ3n) is 8.94. The van der Waals surface area contributed by atoms with Crippen LogP contribution in [-0.4, -0.2) is 11.2 Å². The van der Waals surface area contributed by atoms with Crippen molar-refractivity contribution in [3.8, 4) is 44.6 Å². The fourth-order valence-electron chi connectivity index (χ4n) is 6.70. The molecule has 47 heavy (non-hydrogen) atoms. The van der Waals surface area contributed by atoms with Gasteiger partial charge >= 0.3 is 0 Å². The van der Waals surface area contributed by atoms with Crippen molar-refractivity contribution in [3.05, 3.63) is 169 Å². The highest BCUT2D eigenvalue weighted by molar-refractivity contribution is 6.14. The van der Waals surface area contributed by atoms with E-state index in [0.29, 0.717) is 0 Å². The van der Waals surface area contributed by atoms with Crippen LogP contribution in [0.2, 0.25) is 0 Å². The van der Waals surface area contributed by atoms with Crippen LogP contribution in [0.15, 0.2) is 169 Å². The molecule has 0 fully saturated rings. The average Bonchev–Trinajstić information content (AvgIpc) is 3.14. The molecule has 0 aliphatic carbocycles. The van der Waals surface area contributed by atoms with Crippen molar-refractivity contribution in [3.63, 3.8) is 0 Å². The molecule has 2 nitrogen and oxygen atoms in total. The SMILES string of the molecule is C/C=N\C=C/c1ccccc1-c1ccc(-c2ccc(-c3cc(-c4ccccc4)nc4ccc5ccccc5c34)cc2)c2ccccc12. The van der Waals surface area contributed by atoms with Crippen molar-refractivity contribution in [2.45, 2.75) is 6.92 Å². The lowest BCUT2D eigenvalue weighted by atomic mass is 9.89. The van der Waals surface area contributed by atoms with Gasteiger partial charge in [-0.15, -0.1) is 0 Å². The zero-order valence-electron chi connectivity index (χ0n) is 26.1. The monoisotopic (exact) mass is 600 g/mol. The Labute approximate surface area is 275 Å². The van der Waals surface area contributed by atoms with E-state index in [1.54, 1.807) is 6.21 Å². The van der Waals surface area contributed by atoms with Gasteiger partial charge in [-0.05, 0) is 85.6 Å². The van der Waals surface area contributed by atoms with E-state index in [1.807, 2.05) is 19.2 Å². The Bertz CT molecular complexity index is 2450. The standard InChI is InChI=1S/C45H32N2/c1-2-46-29-28-32-13-6-8-16-36(32)41-26-25-37(39-18-10-11-19-40(39)41)33-20-22-34(23-21-33)42-30-44(35-14-4-3-5-15-35)47-43-27-24-31-12-7-9-17-38(31)45(42)43/h2-30H,1H3/b29-28-,46-2-. The molecule has 0 saturated carbocycles. The summed E-state index contributed by atoms with van der Waals surface area (Å²) in [6, 6.07) is 56.4. The molecule has 0 spiro atoms. The molecule has 0 aliphatic rings. The summed E-state index contributed by atoms with van der Waals surface area (Å²) in [7, 11) is 0. The van der Waals surface area contributed by atoms with Gasteiger partial charge in [0.2, 0.25) is 0 Å². The molecule has 0 amide bonds. The van der Waals surface area contributed by atoms with Crippen LogP contribution in [0.1, 0.15) is 12.5 Å². The van der Waals surface area contributed by atoms with Gasteiger partial charge in [0.15, 0.2) is 0 Å². The van der Waals surface area contributed by atoms with Crippen LogP contribution in [0.5, 0.6) is 0 Å². The summed E-state index contributed by atoms with van der Waals surface area (Å²) >= 11 is 0. The van der Waals surface area contributed by atoms with Gasteiger partial charge in [0.1, 0.15) is 0 Å². The number of benzene rings is 7. The zero-order valence-corrected chi connectivity index (χ0v) is 26.1. The fourth-order valence-corrected chi connectivity index (χ4v) is 6.70. The third-order valence-corrected chi connectivity index (χ3v) is 8.94. The summed E-state index contributed by atoms with van der Waals surface area (Å²) in [5.74, 6) is 0. The van der Waals surface area contributed by atoms with E-state index >= 15 is 0 Å². The van der Waals surface area contributed by atoms with Crippen LogP contribution in [0, 0.1) is 0 Å². The van der Waals surface area contributed by atoms with Crippen LogP contribution in [0.3, 0.4) is 0 Å². The highest BCUT2D eigenvalue weighted by Gasteiger charge is 2.15. The lowest BCUT2D eigenvalue weighted by molar-refractivity contribution is 1.40. The smallest absolute Gasteiger partial charge is 0.0722 e. The number of rotatable bonds is 6. The Hall–Kier alpha value is -6.12. The predicted octanol–water partition coefficient (Wildman–Crippen LogP) is 12.3. The van der Waals surface area contributed by atoms with Gasteiger partial charge in [0.25, 0.3) is 0 Å². The topological polar surface area (TPSA) is 25.2 Å². The summed E-state index contributed by atoms with van der Waals surface area (Å²) < 4.78 is 0. The highest BCUT2D eigenvalue weighted by atomic mass is 14.7. The number of aromatic nitrogens is 1. The summed E-state index contributed by atoms with van der Waals surface area (Å²) in [6.45, 7) is 1.93. The van der Waals surface area contributed by atoms with Crippen molar-refractivity contribution in [2.24, 2.45) is 4.99 Å². The second-order valence-electron chi connectivity index (χ2n) is 11.7. The first-order valence-corrected chi connectivity index (χ1v) is 16.0. The lowest BCUT2D eigenvalue weighted by Gasteiger charge is -2.15. The predicted molar refractivity (Wildman–Crippen MR) is 202 cm³/mol. The molecule has 0 radical (unpaired) electrons. The molecular formula is C45H32N2. The molecule has 0 N–H and O–H groups in total. The summed E-state index contributed by atoms with van der Waals surface area (Å²) in [6.07, 6.45) is 5.73. The molecule has 0 aliphatic heterocycles. The van der Waals surface area contributed by atoms with E-state index < -0.39 is 0 Å². The fraction of sp³-hybridized carbons (Fsp3) is 0.0222. The molecule has 1 aromatic heterocycles. The molecule has 7 aromatic carbocycles. The van der Waals surface area contributed by atoms with Crippen molar-refractivity contribution < 1.29 is 0 Å². The van der Waals surface area contributed by atoms with E-state index in [4.69, 9.17) is 4.98 Å². The maximum absolute atomic E-state index is 5.13. The number of pyridine rings is 1. The lowest BCUT2D eigenvalue weighted by Crippen LogP contribution is -1.92. The van der Waals surface area contributed by atoms with Crippen molar-refractivity contribution >= 4 is 44.7 Å². The number of fused-ring (bicyclic) bond motifs is 4. The maximum atomic E-state index is 5.13. The number of nitrogens with zero attached hydrogens (tertiary/aromatic N) is 2. The van der Waals surface area contributed by atoms with Gasteiger partial charge in [0.05, 0.1) is 11.2 Å². The Morgan fingerprint density at radius 3 is 1.91 bits per heavy atom. The molecule has 222 valence electrons. The molecular weight excluding hydrogens is 569 g/mol. The van der Waals surface area contributed by atoms with Crippen LogP contribution < -0.4 is 0 Å². The molecule has 8 aromatic rings.